The van der Waals surface area contributed by atoms with Crippen LogP contribution in [0.4, 0.5) is 11.4 Å². The topological polar surface area (TPSA) is 102 Å². The first-order chi connectivity index (χ1) is 12.9. The maximum atomic E-state index is 13.2. The molecule has 2 unspecified atom stereocenters. The van der Waals surface area contributed by atoms with E-state index in [4.69, 9.17) is 4.74 Å². The van der Waals surface area contributed by atoms with E-state index >= 15 is 0 Å². The molecule has 1 saturated carbocycles. The SMILES string of the molecule is CCC1CCCC(Nc2ccc([N+](=O)[O-])cc2S(=O)(=O)N2CCOCC2)C1. The average molecular weight is 397 g/mol. The molecule has 150 valence electrons. The molecule has 0 spiro atoms. The first kappa shape index (κ1) is 20.0. The molecule has 0 amide bonds. The molecule has 1 aromatic rings. The quantitative estimate of drug-likeness (QED) is 0.585. The molecule has 2 atom stereocenters. The van der Waals surface area contributed by atoms with E-state index in [9.17, 15) is 18.5 Å². The van der Waals surface area contributed by atoms with Crippen LogP contribution in [0, 0.1) is 16.0 Å². The monoisotopic (exact) mass is 397 g/mol. The minimum Gasteiger partial charge on any atom is -0.381 e. The summed E-state index contributed by atoms with van der Waals surface area (Å²) in [5.41, 5.74) is 0.233. The second-order valence-electron chi connectivity index (χ2n) is 7.24. The Bertz CT molecular complexity index is 777. The number of nitrogens with one attached hydrogen (secondary N) is 1. The number of hydrogen-bond donors (Lipinski definition) is 1. The van der Waals surface area contributed by atoms with E-state index < -0.39 is 14.9 Å². The van der Waals surface area contributed by atoms with Gasteiger partial charge in [-0.15, -0.1) is 0 Å². The highest BCUT2D eigenvalue weighted by Crippen LogP contribution is 2.33. The zero-order valence-corrected chi connectivity index (χ0v) is 16.4. The summed E-state index contributed by atoms with van der Waals surface area (Å²) in [4.78, 5) is 10.6. The number of nitrogens with zero attached hydrogens (tertiary/aromatic N) is 2. The molecule has 1 N–H and O–H groups in total. The van der Waals surface area contributed by atoms with E-state index in [0.717, 1.165) is 25.7 Å². The number of nitro groups is 1. The van der Waals surface area contributed by atoms with Gasteiger partial charge >= 0.3 is 0 Å². The van der Waals surface area contributed by atoms with Crippen LogP contribution in [0.25, 0.3) is 0 Å². The van der Waals surface area contributed by atoms with Crippen molar-refractivity contribution in [2.24, 2.45) is 5.92 Å². The third-order valence-electron chi connectivity index (χ3n) is 5.48. The highest BCUT2D eigenvalue weighted by Gasteiger charge is 2.31. The van der Waals surface area contributed by atoms with Crippen LogP contribution in [-0.4, -0.2) is 50.0 Å². The summed E-state index contributed by atoms with van der Waals surface area (Å²) in [6, 6.07) is 4.25. The Kier molecular flexibility index (Phi) is 6.33. The molecule has 0 aromatic heterocycles. The van der Waals surface area contributed by atoms with Gasteiger partial charge in [0.1, 0.15) is 4.90 Å². The van der Waals surface area contributed by atoms with Crippen molar-refractivity contribution in [3.05, 3.63) is 28.3 Å². The first-order valence-electron chi connectivity index (χ1n) is 9.54. The third kappa shape index (κ3) is 4.59. The minimum absolute atomic E-state index is 0.0165. The van der Waals surface area contributed by atoms with E-state index in [1.165, 1.54) is 28.9 Å². The Morgan fingerprint density at radius 3 is 2.70 bits per heavy atom. The highest BCUT2D eigenvalue weighted by molar-refractivity contribution is 7.89. The van der Waals surface area contributed by atoms with Crippen LogP contribution in [0.15, 0.2) is 23.1 Å². The minimum atomic E-state index is -3.83. The summed E-state index contributed by atoms with van der Waals surface area (Å²) in [7, 11) is -3.83. The van der Waals surface area contributed by atoms with Gasteiger partial charge < -0.3 is 10.1 Å². The fraction of sp³-hybridized carbons (Fsp3) is 0.667. The van der Waals surface area contributed by atoms with Crippen molar-refractivity contribution in [3.8, 4) is 0 Å². The number of benzene rings is 1. The molecule has 9 heteroatoms. The molecule has 27 heavy (non-hydrogen) atoms. The molecular weight excluding hydrogens is 370 g/mol. The van der Waals surface area contributed by atoms with Crippen LogP contribution in [0.5, 0.6) is 0 Å². The Morgan fingerprint density at radius 1 is 1.30 bits per heavy atom. The number of anilines is 1. The van der Waals surface area contributed by atoms with Gasteiger partial charge in [-0.2, -0.15) is 4.31 Å². The largest absolute Gasteiger partial charge is 0.381 e. The average Bonchev–Trinajstić information content (AvgIpc) is 2.69. The Morgan fingerprint density at radius 2 is 2.04 bits per heavy atom. The van der Waals surface area contributed by atoms with Gasteiger partial charge in [0, 0.05) is 31.3 Å². The summed E-state index contributed by atoms with van der Waals surface area (Å²) in [6.07, 6.45) is 5.38. The van der Waals surface area contributed by atoms with E-state index in [-0.39, 0.29) is 29.7 Å². The standard InChI is InChI=1S/C18H27N3O5S/c1-2-14-4-3-5-15(12-14)19-17-7-6-16(21(22)23)13-18(17)27(24,25)20-8-10-26-11-9-20/h6-7,13-15,19H,2-5,8-12H2,1H3. The van der Waals surface area contributed by atoms with Crippen LogP contribution in [0.2, 0.25) is 0 Å². The Labute approximate surface area is 160 Å². The van der Waals surface area contributed by atoms with Gasteiger partial charge in [-0.25, -0.2) is 8.42 Å². The molecule has 1 aliphatic heterocycles. The molecule has 2 aliphatic rings. The number of nitro benzene ring substituents is 1. The lowest BCUT2D eigenvalue weighted by Crippen LogP contribution is -2.41. The van der Waals surface area contributed by atoms with E-state index in [2.05, 4.69) is 12.2 Å². The number of morpholine rings is 1. The molecule has 1 saturated heterocycles. The smallest absolute Gasteiger partial charge is 0.270 e. The van der Waals surface area contributed by atoms with Gasteiger partial charge in [-0.05, 0) is 24.8 Å². The van der Waals surface area contributed by atoms with Gasteiger partial charge in [0.05, 0.1) is 23.8 Å². The molecule has 2 fully saturated rings. The first-order valence-corrected chi connectivity index (χ1v) is 11.0. The van der Waals surface area contributed by atoms with Crippen molar-refractivity contribution in [2.75, 3.05) is 31.6 Å². The predicted octanol–water partition coefficient (Wildman–Crippen LogP) is 3.00. The predicted molar refractivity (Wildman–Crippen MR) is 102 cm³/mol. The number of sulfonamides is 1. The van der Waals surface area contributed by atoms with Crippen LogP contribution in [-0.2, 0) is 14.8 Å². The van der Waals surface area contributed by atoms with Crippen LogP contribution in [0.3, 0.4) is 0 Å². The van der Waals surface area contributed by atoms with Crippen molar-refractivity contribution >= 4 is 21.4 Å². The zero-order valence-electron chi connectivity index (χ0n) is 15.6. The van der Waals surface area contributed by atoms with Crippen LogP contribution < -0.4 is 5.32 Å². The molecule has 8 nitrogen and oxygen atoms in total. The maximum absolute atomic E-state index is 13.2. The summed E-state index contributed by atoms with van der Waals surface area (Å²) >= 11 is 0. The van der Waals surface area contributed by atoms with E-state index in [1.54, 1.807) is 0 Å². The van der Waals surface area contributed by atoms with Gasteiger partial charge in [0.15, 0.2) is 0 Å². The number of rotatable bonds is 6. The van der Waals surface area contributed by atoms with Crippen molar-refractivity contribution < 1.29 is 18.1 Å². The molecule has 0 bridgehead atoms. The maximum Gasteiger partial charge on any atom is 0.270 e. The third-order valence-corrected chi connectivity index (χ3v) is 7.42. The molecule has 1 heterocycles. The number of ether oxygens (including phenoxy) is 1. The molecule has 1 aliphatic carbocycles. The summed E-state index contributed by atoms with van der Waals surface area (Å²) in [6.45, 7) is 3.35. The zero-order chi connectivity index (χ0) is 19.4. The van der Waals surface area contributed by atoms with E-state index in [0.29, 0.717) is 24.8 Å². The van der Waals surface area contributed by atoms with E-state index in [1.807, 2.05) is 0 Å². The molecular formula is C18H27N3O5S. The normalized spacial score (nSPS) is 24.5. The molecule has 0 radical (unpaired) electrons. The van der Waals surface area contributed by atoms with Crippen LogP contribution >= 0.6 is 0 Å². The highest BCUT2D eigenvalue weighted by atomic mass is 32.2. The second kappa shape index (κ2) is 8.53. The van der Waals surface area contributed by atoms with Crippen LogP contribution in [0.1, 0.15) is 39.0 Å². The fourth-order valence-corrected chi connectivity index (χ4v) is 5.48. The molecule has 1 aromatic carbocycles. The lowest BCUT2D eigenvalue weighted by molar-refractivity contribution is -0.385. The summed E-state index contributed by atoms with van der Waals surface area (Å²) in [5.74, 6) is 0.633. The number of hydrogen-bond acceptors (Lipinski definition) is 6. The van der Waals surface area contributed by atoms with Crippen molar-refractivity contribution in [1.29, 1.82) is 0 Å². The van der Waals surface area contributed by atoms with Crippen molar-refractivity contribution in [3.63, 3.8) is 0 Å². The lowest BCUT2D eigenvalue weighted by atomic mass is 9.84. The number of non-ortho nitro benzene ring substituents is 1. The summed E-state index contributed by atoms with van der Waals surface area (Å²) < 4.78 is 32.9. The van der Waals surface area contributed by atoms with Crippen molar-refractivity contribution in [1.82, 2.24) is 4.31 Å². The van der Waals surface area contributed by atoms with Gasteiger partial charge in [0.25, 0.3) is 5.69 Å². The lowest BCUT2D eigenvalue weighted by Gasteiger charge is -2.31. The fourth-order valence-electron chi connectivity index (χ4n) is 3.90. The van der Waals surface area contributed by atoms with Gasteiger partial charge in [-0.3, -0.25) is 10.1 Å². The summed E-state index contributed by atoms with van der Waals surface area (Å²) in [5, 5.41) is 14.6. The second-order valence-corrected chi connectivity index (χ2v) is 9.14. The van der Waals surface area contributed by atoms with Gasteiger partial charge in [-0.1, -0.05) is 26.2 Å². The Balaban J connectivity index is 1.92. The molecule has 3 rings (SSSR count). The van der Waals surface area contributed by atoms with Gasteiger partial charge in [0.2, 0.25) is 10.0 Å². The Hall–Kier alpha value is -1.71. The van der Waals surface area contributed by atoms with Crippen molar-refractivity contribution in [2.45, 2.75) is 50.0 Å².